The van der Waals surface area contributed by atoms with Crippen molar-refractivity contribution >= 4 is 8.60 Å². The first-order valence-electron chi connectivity index (χ1n) is 4.68. The number of likely N-dealkylation sites (tertiary alicyclic amines) is 1. The molecule has 0 amide bonds. The average molecular weight is 207 g/mol. The fraction of sp³-hybridized carbons (Fsp3) is 1.00. The van der Waals surface area contributed by atoms with Gasteiger partial charge in [0.25, 0.3) is 0 Å². The van der Waals surface area contributed by atoms with Crippen molar-refractivity contribution in [2.45, 2.75) is 38.8 Å². The first-order valence-corrected chi connectivity index (χ1v) is 5.84. The van der Waals surface area contributed by atoms with Gasteiger partial charge in [0, 0.05) is 12.1 Å². The smallest absolute Gasteiger partial charge is 0.327 e. The highest BCUT2D eigenvalue weighted by Crippen LogP contribution is 2.28. The Morgan fingerprint density at radius 3 is 2.77 bits per heavy atom. The lowest BCUT2D eigenvalue weighted by molar-refractivity contribution is 0.134. The molecule has 0 saturated carbocycles. The number of hydrogen-bond acceptors (Lipinski definition) is 4. The van der Waals surface area contributed by atoms with Gasteiger partial charge in [-0.15, -0.1) is 0 Å². The van der Waals surface area contributed by atoms with E-state index in [1.54, 1.807) is 0 Å². The second-order valence-corrected chi connectivity index (χ2v) is 4.44. The molecule has 0 aromatic heterocycles. The Morgan fingerprint density at radius 1 is 1.54 bits per heavy atom. The third kappa shape index (κ3) is 3.49. The quantitative estimate of drug-likeness (QED) is 0.677. The molecule has 4 nitrogen and oxygen atoms in total. The van der Waals surface area contributed by atoms with Crippen LogP contribution in [0.25, 0.3) is 0 Å². The van der Waals surface area contributed by atoms with Crippen LogP contribution in [-0.4, -0.2) is 39.9 Å². The highest BCUT2D eigenvalue weighted by molar-refractivity contribution is 7.39. The summed E-state index contributed by atoms with van der Waals surface area (Å²) in [7, 11) is -2.18. The first kappa shape index (κ1) is 11.3. The summed E-state index contributed by atoms with van der Waals surface area (Å²) < 4.78 is 4.84. The van der Waals surface area contributed by atoms with Crippen LogP contribution < -0.4 is 0 Å². The molecule has 0 spiro atoms. The number of hydrogen-bond donors (Lipinski definition) is 2. The van der Waals surface area contributed by atoms with Gasteiger partial charge in [-0.05, 0) is 33.2 Å². The third-order valence-electron chi connectivity index (χ3n) is 2.47. The summed E-state index contributed by atoms with van der Waals surface area (Å²) in [6, 6.07) is 0.879. The second kappa shape index (κ2) is 5.23. The Hall–Kier alpha value is 0.270. The van der Waals surface area contributed by atoms with Crippen molar-refractivity contribution in [3.8, 4) is 0 Å². The summed E-state index contributed by atoms with van der Waals surface area (Å²) in [6.45, 7) is 5.84. The highest BCUT2D eigenvalue weighted by atomic mass is 31.2. The molecule has 78 valence electrons. The van der Waals surface area contributed by atoms with Gasteiger partial charge in [0.05, 0.1) is 6.61 Å². The molecule has 1 unspecified atom stereocenters. The normalized spacial score (nSPS) is 24.9. The lowest BCUT2D eigenvalue weighted by Crippen LogP contribution is -2.37. The van der Waals surface area contributed by atoms with E-state index in [1.165, 1.54) is 6.42 Å². The molecule has 5 heteroatoms. The molecule has 1 aliphatic heterocycles. The molecule has 1 rings (SSSR count). The van der Waals surface area contributed by atoms with Gasteiger partial charge in [0.2, 0.25) is 0 Å². The van der Waals surface area contributed by atoms with Gasteiger partial charge in [0.15, 0.2) is 0 Å². The van der Waals surface area contributed by atoms with Crippen molar-refractivity contribution in [3.63, 3.8) is 0 Å². The molecule has 1 atom stereocenters. The molecule has 13 heavy (non-hydrogen) atoms. The minimum absolute atomic E-state index is 0.365. The summed E-state index contributed by atoms with van der Waals surface area (Å²) in [6.07, 6.45) is 2.28. The minimum Gasteiger partial charge on any atom is -0.328 e. The van der Waals surface area contributed by atoms with Crippen LogP contribution in [0.15, 0.2) is 0 Å². The zero-order valence-corrected chi connectivity index (χ0v) is 9.07. The second-order valence-electron chi connectivity index (χ2n) is 3.68. The lowest BCUT2D eigenvalue weighted by atomic mass is 10.2. The molecule has 1 aliphatic rings. The monoisotopic (exact) mass is 207 g/mol. The standard InChI is InChI=1S/C8H18NO3P/c1-7(2)9-5-3-4-8(9)6-12-13(10)11/h7-8,10-11H,3-6H2,1-2H3. The molecule has 1 fully saturated rings. The zero-order valence-electron chi connectivity index (χ0n) is 8.18. The average Bonchev–Trinajstić information content (AvgIpc) is 2.47. The topological polar surface area (TPSA) is 52.9 Å². The van der Waals surface area contributed by atoms with Crippen LogP contribution in [0.2, 0.25) is 0 Å². The van der Waals surface area contributed by atoms with Crippen LogP contribution in [0, 0.1) is 0 Å². The molecule has 1 heterocycles. The third-order valence-corrected chi connectivity index (χ3v) is 2.85. The molecule has 2 N–H and O–H groups in total. The SMILES string of the molecule is CC(C)N1CCCC1COP(O)O. The van der Waals surface area contributed by atoms with E-state index in [1.807, 2.05) is 0 Å². The van der Waals surface area contributed by atoms with E-state index < -0.39 is 8.60 Å². The van der Waals surface area contributed by atoms with E-state index in [-0.39, 0.29) is 0 Å². The van der Waals surface area contributed by atoms with Crippen molar-refractivity contribution in [2.75, 3.05) is 13.2 Å². The van der Waals surface area contributed by atoms with E-state index >= 15 is 0 Å². The van der Waals surface area contributed by atoms with Crippen molar-refractivity contribution in [1.82, 2.24) is 4.90 Å². The van der Waals surface area contributed by atoms with Crippen LogP contribution in [0.3, 0.4) is 0 Å². The maximum absolute atomic E-state index is 8.62. The fourth-order valence-electron chi connectivity index (χ4n) is 1.87. The summed E-state index contributed by atoms with van der Waals surface area (Å²) >= 11 is 0. The van der Waals surface area contributed by atoms with Crippen LogP contribution in [0.5, 0.6) is 0 Å². The van der Waals surface area contributed by atoms with Gasteiger partial charge in [-0.2, -0.15) is 0 Å². The van der Waals surface area contributed by atoms with E-state index in [4.69, 9.17) is 14.3 Å². The summed E-state index contributed by atoms with van der Waals surface area (Å²) in [4.78, 5) is 19.6. The predicted molar refractivity (Wildman–Crippen MR) is 52.2 cm³/mol. The van der Waals surface area contributed by atoms with E-state index in [9.17, 15) is 0 Å². The van der Waals surface area contributed by atoms with Crippen LogP contribution in [-0.2, 0) is 4.52 Å². The number of nitrogens with zero attached hydrogens (tertiary/aromatic N) is 1. The molecular formula is C8H18NO3P. The van der Waals surface area contributed by atoms with E-state index in [2.05, 4.69) is 18.7 Å². The Morgan fingerprint density at radius 2 is 2.23 bits per heavy atom. The van der Waals surface area contributed by atoms with Crippen molar-refractivity contribution in [1.29, 1.82) is 0 Å². The maximum atomic E-state index is 8.62. The number of rotatable bonds is 4. The molecule has 0 aliphatic carbocycles. The Balaban J connectivity index is 2.31. The van der Waals surface area contributed by atoms with Crippen molar-refractivity contribution in [3.05, 3.63) is 0 Å². The van der Waals surface area contributed by atoms with Crippen LogP contribution in [0.1, 0.15) is 26.7 Å². The zero-order chi connectivity index (χ0) is 9.84. The molecule has 0 radical (unpaired) electrons. The van der Waals surface area contributed by atoms with Gasteiger partial charge in [0.1, 0.15) is 0 Å². The summed E-state index contributed by atoms with van der Waals surface area (Å²) in [5, 5.41) is 0. The van der Waals surface area contributed by atoms with E-state index in [0.29, 0.717) is 18.7 Å². The Labute approximate surface area is 80.5 Å². The minimum atomic E-state index is -2.18. The van der Waals surface area contributed by atoms with Gasteiger partial charge in [-0.1, -0.05) is 0 Å². The van der Waals surface area contributed by atoms with Crippen molar-refractivity contribution in [2.24, 2.45) is 0 Å². The highest BCUT2D eigenvalue weighted by Gasteiger charge is 2.27. The molecule has 1 saturated heterocycles. The van der Waals surface area contributed by atoms with Gasteiger partial charge < -0.3 is 14.3 Å². The Kier molecular flexibility index (Phi) is 4.56. The largest absolute Gasteiger partial charge is 0.328 e. The van der Waals surface area contributed by atoms with Gasteiger partial charge >= 0.3 is 8.60 Å². The maximum Gasteiger partial charge on any atom is 0.327 e. The predicted octanol–water partition coefficient (Wildman–Crippen LogP) is 1.09. The van der Waals surface area contributed by atoms with Gasteiger partial charge in [-0.3, -0.25) is 4.90 Å². The summed E-state index contributed by atoms with van der Waals surface area (Å²) in [5.74, 6) is 0. The van der Waals surface area contributed by atoms with Gasteiger partial charge in [-0.25, -0.2) is 0 Å². The van der Waals surface area contributed by atoms with Crippen LogP contribution >= 0.6 is 8.60 Å². The molecule has 0 bridgehead atoms. The molecule has 0 aromatic rings. The van der Waals surface area contributed by atoms with Crippen molar-refractivity contribution < 1.29 is 14.3 Å². The first-order chi connectivity index (χ1) is 6.11. The molecular weight excluding hydrogens is 189 g/mol. The van der Waals surface area contributed by atoms with Crippen LogP contribution in [0.4, 0.5) is 0 Å². The fourth-order valence-corrected chi connectivity index (χ4v) is 2.17. The summed E-state index contributed by atoms with van der Waals surface area (Å²) in [5.41, 5.74) is 0. The van der Waals surface area contributed by atoms with E-state index in [0.717, 1.165) is 13.0 Å². The molecule has 0 aromatic carbocycles. The lowest BCUT2D eigenvalue weighted by Gasteiger charge is -2.27. The Bertz CT molecular complexity index is 154.